The number of halogens is 1. The van der Waals surface area contributed by atoms with Crippen LogP contribution >= 0.6 is 0 Å². The Morgan fingerprint density at radius 2 is 1.83 bits per heavy atom. The number of aryl methyl sites for hydroxylation is 2. The Hall–Kier alpha value is -3.39. The van der Waals surface area contributed by atoms with Crippen molar-refractivity contribution in [1.29, 1.82) is 0 Å². The number of tetrazole rings is 1. The molecular formula is C27H31FN6O. The fourth-order valence-corrected chi connectivity index (χ4v) is 5.23. The number of nitrogens with one attached hydrogen (secondary N) is 1. The lowest BCUT2D eigenvalue weighted by Crippen LogP contribution is -2.38. The molecule has 2 heterocycles. The highest BCUT2D eigenvalue weighted by atomic mass is 19.1. The molecule has 5 rings (SSSR count). The van der Waals surface area contributed by atoms with Crippen molar-refractivity contribution in [3.8, 4) is 0 Å². The lowest BCUT2D eigenvalue weighted by atomic mass is 9.93. The second kappa shape index (κ2) is 10.1. The molecule has 0 unspecified atom stereocenters. The summed E-state index contributed by atoms with van der Waals surface area (Å²) in [6.45, 7) is 5.65. The van der Waals surface area contributed by atoms with E-state index in [0.29, 0.717) is 25.7 Å². The van der Waals surface area contributed by atoms with Crippen LogP contribution in [0.15, 0.2) is 47.3 Å². The molecule has 1 fully saturated rings. The highest BCUT2D eigenvalue weighted by molar-refractivity contribution is 5.82. The lowest BCUT2D eigenvalue weighted by Gasteiger charge is -2.33. The van der Waals surface area contributed by atoms with Crippen molar-refractivity contribution in [3.63, 3.8) is 0 Å². The molecule has 1 aliphatic rings. The normalized spacial score (nSPS) is 14.7. The van der Waals surface area contributed by atoms with Crippen LogP contribution in [0, 0.1) is 19.7 Å². The molecule has 8 heteroatoms. The molecule has 7 nitrogen and oxygen atoms in total. The molecule has 0 saturated heterocycles. The summed E-state index contributed by atoms with van der Waals surface area (Å²) in [5.41, 5.74) is 4.80. The summed E-state index contributed by atoms with van der Waals surface area (Å²) >= 11 is 0. The smallest absolute Gasteiger partial charge is 0.252 e. The molecule has 35 heavy (non-hydrogen) atoms. The van der Waals surface area contributed by atoms with Gasteiger partial charge in [0, 0.05) is 18.2 Å². The Balaban J connectivity index is 1.44. The molecular weight excluding hydrogens is 443 g/mol. The molecule has 2 aromatic carbocycles. The molecule has 4 aromatic rings. The minimum Gasteiger partial charge on any atom is -0.321 e. The third kappa shape index (κ3) is 5.32. The van der Waals surface area contributed by atoms with E-state index >= 15 is 0 Å². The summed E-state index contributed by atoms with van der Waals surface area (Å²) in [5.74, 6) is 0.476. The first-order valence-electron chi connectivity index (χ1n) is 12.3. The second-order valence-corrected chi connectivity index (χ2v) is 9.75. The maximum Gasteiger partial charge on any atom is 0.252 e. The lowest BCUT2D eigenvalue weighted by molar-refractivity contribution is 0.134. The highest BCUT2D eigenvalue weighted by Crippen LogP contribution is 2.26. The number of aromatic amines is 1. The first-order chi connectivity index (χ1) is 17.0. The van der Waals surface area contributed by atoms with Crippen LogP contribution in [0.4, 0.5) is 4.39 Å². The van der Waals surface area contributed by atoms with E-state index in [0.717, 1.165) is 46.3 Å². The average Bonchev–Trinajstić information content (AvgIpc) is 3.28. The van der Waals surface area contributed by atoms with Gasteiger partial charge in [0.1, 0.15) is 5.82 Å². The molecule has 1 saturated carbocycles. The maximum atomic E-state index is 13.3. The van der Waals surface area contributed by atoms with Crippen molar-refractivity contribution < 1.29 is 4.39 Å². The Labute approximate surface area is 204 Å². The zero-order valence-corrected chi connectivity index (χ0v) is 20.3. The summed E-state index contributed by atoms with van der Waals surface area (Å²) in [5, 5.41) is 13.5. The maximum absolute atomic E-state index is 13.3. The van der Waals surface area contributed by atoms with E-state index in [1.165, 1.54) is 37.0 Å². The zero-order valence-electron chi connectivity index (χ0n) is 20.3. The number of H-pyrrole nitrogens is 1. The predicted octanol–water partition coefficient (Wildman–Crippen LogP) is 4.65. The molecule has 0 amide bonds. The number of hydrogen-bond acceptors (Lipinski definition) is 5. The number of hydrogen-bond donors (Lipinski definition) is 1. The first kappa shape index (κ1) is 23.4. The Morgan fingerprint density at radius 1 is 1.06 bits per heavy atom. The van der Waals surface area contributed by atoms with Gasteiger partial charge in [0.25, 0.3) is 5.56 Å². The third-order valence-corrected chi connectivity index (χ3v) is 7.03. The summed E-state index contributed by atoms with van der Waals surface area (Å²) in [7, 11) is 0. The number of rotatable bonds is 7. The number of aromatic nitrogens is 5. The van der Waals surface area contributed by atoms with Crippen LogP contribution in [0.3, 0.4) is 0 Å². The Bertz CT molecular complexity index is 1370. The fourth-order valence-electron chi connectivity index (χ4n) is 5.23. The average molecular weight is 475 g/mol. The molecule has 0 radical (unpaired) electrons. The van der Waals surface area contributed by atoms with E-state index in [1.807, 2.05) is 13.0 Å². The van der Waals surface area contributed by atoms with Gasteiger partial charge in [0.05, 0.1) is 18.6 Å². The number of pyridine rings is 1. The predicted molar refractivity (Wildman–Crippen MR) is 133 cm³/mol. The number of nitrogens with zero attached hydrogens (tertiary/aromatic N) is 5. The monoisotopic (exact) mass is 474 g/mol. The second-order valence-electron chi connectivity index (χ2n) is 9.75. The van der Waals surface area contributed by atoms with Crippen LogP contribution in [-0.2, 0) is 19.6 Å². The minimum atomic E-state index is -0.264. The standard InChI is InChI=1S/C27H31FN6O/c1-18-12-19(2)26-21(13-18)14-22(27(35)29-26)16-33(24-6-4-3-5-7-24)17-25-30-31-32-34(25)15-20-8-10-23(28)11-9-20/h8-14,24H,3-7,15-17H2,1-2H3,(H,29,35). The number of benzene rings is 2. The SMILES string of the molecule is Cc1cc(C)c2[nH]c(=O)c(CN(Cc3nnnn3Cc3ccc(F)cc3)C3CCCCC3)cc2c1. The van der Waals surface area contributed by atoms with Crippen molar-refractivity contribution >= 4 is 10.9 Å². The zero-order chi connectivity index (χ0) is 24.4. The third-order valence-electron chi connectivity index (χ3n) is 7.03. The van der Waals surface area contributed by atoms with Gasteiger partial charge in [0.2, 0.25) is 0 Å². The quantitative estimate of drug-likeness (QED) is 0.422. The van der Waals surface area contributed by atoms with Gasteiger partial charge >= 0.3 is 0 Å². The van der Waals surface area contributed by atoms with Gasteiger partial charge in [-0.15, -0.1) is 5.10 Å². The van der Waals surface area contributed by atoms with Crippen molar-refractivity contribution in [2.24, 2.45) is 0 Å². The van der Waals surface area contributed by atoms with Gasteiger partial charge in [-0.05, 0) is 77.9 Å². The van der Waals surface area contributed by atoms with Crippen molar-refractivity contribution in [1.82, 2.24) is 30.1 Å². The molecule has 2 aromatic heterocycles. The van der Waals surface area contributed by atoms with E-state index in [2.05, 4.69) is 44.5 Å². The van der Waals surface area contributed by atoms with Crippen LogP contribution in [0.25, 0.3) is 10.9 Å². The van der Waals surface area contributed by atoms with Crippen LogP contribution in [-0.4, -0.2) is 36.1 Å². The highest BCUT2D eigenvalue weighted by Gasteiger charge is 2.24. The van der Waals surface area contributed by atoms with Gasteiger partial charge < -0.3 is 4.98 Å². The summed E-state index contributed by atoms with van der Waals surface area (Å²) in [6, 6.07) is 13.0. The largest absolute Gasteiger partial charge is 0.321 e. The van der Waals surface area contributed by atoms with Crippen LogP contribution in [0.1, 0.15) is 60.2 Å². The van der Waals surface area contributed by atoms with E-state index in [-0.39, 0.29) is 11.4 Å². The van der Waals surface area contributed by atoms with Crippen molar-refractivity contribution in [3.05, 3.63) is 86.7 Å². The van der Waals surface area contributed by atoms with Gasteiger partial charge in [-0.3, -0.25) is 9.69 Å². The first-order valence-corrected chi connectivity index (χ1v) is 12.3. The molecule has 0 atom stereocenters. The number of fused-ring (bicyclic) bond motifs is 1. The van der Waals surface area contributed by atoms with Gasteiger partial charge in [-0.1, -0.05) is 43.0 Å². The molecule has 1 aliphatic carbocycles. The molecule has 1 N–H and O–H groups in total. The minimum absolute atomic E-state index is 0.0452. The van der Waals surface area contributed by atoms with E-state index in [9.17, 15) is 9.18 Å². The van der Waals surface area contributed by atoms with Crippen molar-refractivity contribution in [2.45, 2.75) is 71.6 Å². The molecule has 182 valence electrons. The van der Waals surface area contributed by atoms with Gasteiger partial charge in [0.15, 0.2) is 5.82 Å². The van der Waals surface area contributed by atoms with E-state index in [1.54, 1.807) is 16.8 Å². The van der Waals surface area contributed by atoms with Gasteiger partial charge in [-0.25, -0.2) is 9.07 Å². The molecule has 0 spiro atoms. The van der Waals surface area contributed by atoms with E-state index in [4.69, 9.17) is 0 Å². The molecule has 0 aliphatic heterocycles. The van der Waals surface area contributed by atoms with Crippen molar-refractivity contribution in [2.75, 3.05) is 0 Å². The van der Waals surface area contributed by atoms with Crippen LogP contribution < -0.4 is 5.56 Å². The molecule has 0 bridgehead atoms. The summed E-state index contributed by atoms with van der Waals surface area (Å²) in [6.07, 6.45) is 5.83. The Kier molecular flexibility index (Phi) is 6.72. The summed E-state index contributed by atoms with van der Waals surface area (Å²) < 4.78 is 15.1. The summed E-state index contributed by atoms with van der Waals surface area (Å²) in [4.78, 5) is 18.5. The Morgan fingerprint density at radius 3 is 2.60 bits per heavy atom. The fraction of sp³-hybridized carbons (Fsp3) is 0.407. The van der Waals surface area contributed by atoms with E-state index < -0.39 is 0 Å². The van der Waals surface area contributed by atoms with Crippen LogP contribution in [0.2, 0.25) is 0 Å². The van der Waals surface area contributed by atoms with Crippen LogP contribution in [0.5, 0.6) is 0 Å². The topological polar surface area (TPSA) is 79.7 Å². The van der Waals surface area contributed by atoms with Gasteiger partial charge in [-0.2, -0.15) is 0 Å².